The molecule has 0 spiro atoms. The van der Waals surface area contributed by atoms with E-state index in [9.17, 15) is 14.9 Å². The van der Waals surface area contributed by atoms with Crippen LogP contribution in [0.15, 0.2) is 24.7 Å². The Bertz CT molecular complexity index is 617. The number of hydrogen-bond acceptors (Lipinski definition) is 5. The van der Waals surface area contributed by atoms with E-state index in [2.05, 4.69) is 15.5 Å². The van der Waals surface area contributed by atoms with Crippen molar-refractivity contribution in [2.45, 2.75) is 19.5 Å². The maximum absolute atomic E-state index is 11.6. The highest BCUT2D eigenvalue weighted by atomic mass is 16.6. The SMILES string of the molecule is Cn1ccc(CNC(=O)CCn2cc([N+](=O)[O-])cn2)n1. The third kappa shape index (κ3) is 3.64. The van der Waals surface area contributed by atoms with E-state index in [-0.39, 0.29) is 18.0 Å². The Balaban J connectivity index is 1.75. The van der Waals surface area contributed by atoms with Crippen LogP contribution in [0.2, 0.25) is 0 Å². The lowest BCUT2D eigenvalue weighted by Gasteiger charge is -2.03. The Labute approximate surface area is 114 Å². The molecule has 9 nitrogen and oxygen atoms in total. The number of aryl methyl sites for hydroxylation is 2. The Morgan fingerprint density at radius 1 is 1.55 bits per heavy atom. The third-order valence-electron chi connectivity index (χ3n) is 2.63. The number of nitro groups is 1. The normalized spacial score (nSPS) is 10.4. The molecule has 9 heteroatoms. The number of nitrogens with one attached hydrogen (secondary N) is 1. The molecule has 2 heterocycles. The summed E-state index contributed by atoms with van der Waals surface area (Å²) in [6.07, 6.45) is 4.45. The number of nitrogens with zero attached hydrogens (tertiary/aromatic N) is 5. The van der Waals surface area contributed by atoms with Gasteiger partial charge in [0, 0.05) is 26.2 Å². The van der Waals surface area contributed by atoms with Gasteiger partial charge in [0.1, 0.15) is 12.4 Å². The molecule has 0 fully saturated rings. The lowest BCUT2D eigenvalue weighted by Crippen LogP contribution is -2.24. The average Bonchev–Trinajstić information content (AvgIpc) is 3.03. The second-order valence-corrected chi connectivity index (χ2v) is 4.23. The van der Waals surface area contributed by atoms with Gasteiger partial charge >= 0.3 is 5.69 Å². The van der Waals surface area contributed by atoms with Crippen LogP contribution < -0.4 is 5.32 Å². The zero-order valence-corrected chi connectivity index (χ0v) is 10.9. The van der Waals surface area contributed by atoms with Crippen molar-refractivity contribution in [3.8, 4) is 0 Å². The van der Waals surface area contributed by atoms with Gasteiger partial charge in [-0.25, -0.2) is 0 Å². The first kappa shape index (κ1) is 13.7. The highest BCUT2D eigenvalue weighted by Gasteiger charge is 2.09. The van der Waals surface area contributed by atoms with Gasteiger partial charge in [-0.05, 0) is 6.07 Å². The van der Waals surface area contributed by atoms with E-state index in [1.165, 1.54) is 10.9 Å². The molecule has 20 heavy (non-hydrogen) atoms. The second kappa shape index (κ2) is 5.95. The Hall–Kier alpha value is -2.71. The largest absolute Gasteiger partial charge is 0.350 e. The van der Waals surface area contributed by atoms with E-state index in [0.29, 0.717) is 13.1 Å². The maximum atomic E-state index is 11.6. The topological polar surface area (TPSA) is 108 Å². The first-order valence-electron chi connectivity index (χ1n) is 5.96. The molecule has 0 aromatic carbocycles. The average molecular weight is 278 g/mol. The van der Waals surface area contributed by atoms with Gasteiger partial charge in [0.15, 0.2) is 0 Å². The van der Waals surface area contributed by atoms with Gasteiger partial charge in [-0.1, -0.05) is 0 Å². The summed E-state index contributed by atoms with van der Waals surface area (Å²) in [5, 5.41) is 21.1. The number of hydrogen-bond donors (Lipinski definition) is 1. The van der Waals surface area contributed by atoms with Crippen LogP contribution in [0, 0.1) is 10.1 Å². The van der Waals surface area contributed by atoms with Crippen LogP contribution >= 0.6 is 0 Å². The molecule has 0 saturated heterocycles. The first-order valence-corrected chi connectivity index (χ1v) is 5.96. The van der Waals surface area contributed by atoms with E-state index in [1.54, 1.807) is 17.9 Å². The zero-order valence-electron chi connectivity index (χ0n) is 10.9. The molecular weight excluding hydrogens is 264 g/mol. The number of amides is 1. The summed E-state index contributed by atoms with van der Waals surface area (Å²) in [4.78, 5) is 21.6. The number of carbonyl (C=O) groups is 1. The van der Waals surface area contributed by atoms with Crippen molar-refractivity contribution in [2.24, 2.45) is 7.05 Å². The molecule has 0 saturated carbocycles. The quantitative estimate of drug-likeness (QED) is 0.601. The van der Waals surface area contributed by atoms with Gasteiger partial charge in [0.05, 0.1) is 17.2 Å². The Morgan fingerprint density at radius 3 is 2.95 bits per heavy atom. The summed E-state index contributed by atoms with van der Waals surface area (Å²) >= 11 is 0. The predicted octanol–water partition coefficient (Wildman–Crippen LogP) is 0.231. The minimum atomic E-state index is -0.523. The van der Waals surface area contributed by atoms with E-state index < -0.39 is 4.92 Å². The van der Waals surface area contributed by atoms with Gasteiger partial charge in [-0.2, -0.15) is 10.2 Å². The Morgan fingerprint density at radius 2 is 2.35 bits per heavy atom. The highest BCUT2D eigenvalue weighted by Crippen LogP contribution is 2.07. The first-order chi connectivity index (χ1) is 9.54. The van der Waals surface area contributed by atoms with Crippen molar-refractivity contribution in [3.05, 3.63) is 40.5 Å². The van der Waals surface area contributed by atoms with E-state index in [4.69, 9.17) is 0 Å². The lowest BCUT2D eigenvalue weighted by molar-refractivity contribution is -0.385. The monoisotopic (exact) mass is 278 g/mol. The molecule has 0 radical (unpaired) electrons. The van der Waals surface area contributed by atoms with Crippen molar-refractivity contribution < 1.29 is 9.72 Å². The molecule has 1 amide bonds. The van der Waals surface area contributed by atoms with Crippen LogP contribution in [0.5, 0.6) is 0 Å². The molecule has 2 aromatic heterocycles. The van der Waals surface area contributed by atoms with Crippen LogP contribution in [0.25, 0.3) is 0 Å². The number of rotatable bonds is 6. The molecule has 2 aromatic rings. The summed E-state index contributed by atoms with van der Waals surface area (Å²) in [5.41, 5.74) is 0.689. The predicted molar refractivity (Wildman–Crippen MR) is 68.6 cm³/mol. The second-order valence-electron chi connectivity index (χ2n) is 4.23. The van der Waals surface area contributed by atoms with Crippen LogP contribution in [-0.4, -0.2) is 30.4 Å². The van der Waals surface area contributed by atoms with Crippen molar-refractivity contribution in [3.63, 3.8) is 0 Å². The van der Waals surface area contributed by atoms with Gasteiger partial charge in [0.25, 0.3) is 0 Å². The molecular formula is C11H14N6O3. The van der Waals surface area contributed by atoms with Gasteiger partial charge < -0.3 is 5.32 Å². The molecule has 106 valence electrons. The summed E-state index contributed by atoms with van der Waals surface area (Å²) in [6.45, 7) is 0.654. The number of carbonyl (C=O) groups excluding carboxylic acids is 1. The summed E-state index contributed by atoms with van der Waals surface area (Å²) < 4.78 is 3.03. The molecule has 0 aliphatic rings. The molecule has 0 aliphatic carbocycles. The fourth-order valence-electron chi connectivity index (χ4n) is 1.62. The van der Waals surface area contributed by atoms with Crippen molar-refractivity contribution in [1.82, 2.24) is 24.9 Å². The standard InChI is InChI=1S/C11H14N6O3/c1-15-4-2-9(14-15)6-12-11(18)3-5-16-8-10(7-13-16)17(19)20/h2,4,7-8H,3,5-6H2,1H3,(H,12,18). The van der Waals surface area contributed by atoms with Gasteiger partial charge in [-0.15, -0.1) is 0 Å². The fourth-order valence-corrected chi connectivity index (χ4v) is 1.62. The van der Waals surface area contributed by atoms with Crippen LogP contribution in [0.3, 0.4) is 0 Å². The minimum Gasteiger partial charge on any atom is -0.350 e. The highest BCUT2D eigenvalue weighted by molar-refractivity contribution is 5.75. The summed E-state index contributed by atoms with van der Waals surface area (Å²) in [7, 11) is 1.80. The van der Waals surface area contributed by atoms with Crippen molar-refractivity contribution >= 4 is 11.6 Å². The van der Waals surface area contributed by atoms with Crippen molar-refractivity contribution in [1.29, 1.82) is 0 Å². The lowest BCUT2D eigenvalue weighted by atomic mass is 10.3. The number of aromatic nitrogens is 4. The van der Waals surface area contributed by atoms with Gasteiger partial charge in [0.2, 0.25) is 5.91 Å². The molecule has 0 unspecified atom stereocenters. The molecule has 0 bridgehead atoms. The molecule has 0 aliphatic heterocycles. The zero-order chi connectivity index (χ0) is 14.5. The maximum Gasteiger partial charge on any atom is 0.306 e. The smallest absolute Gasteiger partial charge is 0.306 e. The minimum absolute atomic E-state index is 0.0844. The summed E-state index contributed by atoms with van der Waals surface area (Å²) in [6, 6.07) is 1.82. The third-order valence-corrected chi connectivity index (χ3v) is 2.63. The summed E-state index contributed by atoms with van der Waals surface area (Å²) in [5.74, 6) is -0.159. The van der Waals surface area contributed by atoms with Crippen LogP contribution in [-0.2, 0) is 24.9 Å². The van der Waals surface area contributed by atoms with E-state index >= 15 is 0 Å². The van der Waals surface area contributed by atoms with Crippen LogP contribution in [0.4, 0.5) is 5.69 Å². The fraction of sp³-hybridized carbons (Fsp3) is 0.364. The molecule has 1 N–H and O–H groups in total. The van der Waals surface area contributed by atoms with E-state index in [0.717, 1.165) is 11.9 Å². The molecule has 0 atom stereocenters. The van der Waals surface area contributed by atoms with Gasteiger partial charge in [-0.3, -0.25) is 24.3 Å². The van der Waals surface area contributed by atoms with Crippen LogP contribution in [0.1, 0.15) is 12.1 Å². The van der Waals surface area contributed by atoms with Crippen molar-refractivity contribution in [2.75, 3.05) is 0 Å². The van der Waals surface area contributed by atoms with E-state index in [1.807, 2.05) is 6.07 Å². The molecule has 2 rings (SSSR count). The Kier molecular flexibility index (Phi) is 4.08.